The fourth-order valence-corrected chi connectivity index (χ4v) is 6.65. The molecule has 1 atom stereocenters. The Kier molecular flexibility index (Phi) is 12.0. The molecule has 0 aromatic heterocycles. The molecule has 236 valence electrons. The molecule has 0 spiro atoms. The standard InChI is InChI=1S/C34H34Cl2FN3O4S/c1-2-3-20-38-34(42)32(21-25-10-6-4-7-11-25)39(23-26-14-15-27(35)22-31(26)36)33(41)24-40(29-18-16-28(37)17-19-29)45(43,44)30-12-8-5-9-13-30/h4-19,22,32H,2-3,20-21,23-24H2,1H3,(H,38,42)/t32-/m1/s1. The summed E-state index contributed by atoms with van der Waals surface area (Å²) in [7, 11) is -4.29. The number of hydrogen-bond donors (Lipinski definition) is 1. The maximum Gasteiger partial charge on any atom is 0.264 e. The van der Waals surface area contributed by atoms with Crippen molar-refractivity contribution in [1.29, 1.82) is 0 Å². The van der Waals surface area contributed by atoms with E-state index in [1.54, 1.807) is 36.4 Å². The predicted octanol–water partition coefficient (Wildman–Crippen LogP) is 6.88. The molecule has 0 fully saturated rings. The normalized spacial score (nSPS) is 11.9. The van der Waals surface area contributed by atoms with Gasteiger partial charge >= 0.3 is 0 Å². The molecule has 2 amide bonds. The minimum Gasteiger partial charge on any atom is -0.354 e. The highest BCUT2D eigenvalue weighted by Gasteiger charge is 2.34. The van der Waals surface area contributed by atoms with Crippen LogP contribution in [0.5, 0.6) is 0 Å². The van der Waals surface area contributed by atoms with Gasteiger partial charge in [-0.2, -0.15) is 0 Å². The minimum atomic E-state index is -4.29. The van der Waals surface area contributed by atoms with Crippen molar-refractivity contribution in [2.24, 2.45) is 0 Å². The highest BCUT2D eigenvalue weighted by molar-refractivity contribution is 7.92. The number of halogens is 3. The van der Waals surface area contributed by atoms with E-state index in [2.05, 4.69) is 5.32 Å². The molecule has 0 aliphatic heterocycles. The molecule has 0 unspecified atom stereocenters. The van der Waals surface area contributed by atoms with Crippen LogP contribution >= 0.6 is 23.2 Å². The average Bonchev–Trinajstić information content (AvgIpc) is 3.03. The Bertz CT molecular complexity index is 1690. The number of nitrogens with zero attached hydrogens (tertiary/aromatic N) is 2. The Labute approximate surface area is 273 Å². The van der Waals surface area contributed by atoms with E-state index in [9.17, 15) is 22.4 Å². The van der Waals surface area contributed by atoms with E-state index in [1.165, 1.54) is 29.2 Å². The van der Waals surface area contributed by atoms with Gasteiger partial charge in [0, 0.05) is 29.6 Å². The van der Waals surface area contributed by atoms with Crippen LogP contribution in [0.1, 0.15) is 30.9 Å². The van der Waals surface area contributed by atoms with Gasteiger partial charge in [-0.25, -0.2) is 12.8 Å². The molecular formula is C34H34Cl2FN3O4S. The first-order chi connectivity index (χ1) is 21.6. The van der Waals surface area contributed by atoms with E-state index in [0.29, 0.717) is 17.1 Å². The first-order valence-corrected chi connectivity index (χ1v) is 16.7. The van der Waals surface area contributed by atoms with Gasteiger partial charge in [-0.15, -0.1) is 0 Å². The van der Waals surface area contributed by atoms with Crippen LogP contribution in [-0.4, -0.2) is 44.3 Å². The quantitative estimate of drug-likeness (QED) is 0.148. The fourth-order valence-electron chi connectivity index (χ4n) is 4.75. The van der Waals surface area contributed by atoms with Gasteiger partial charge in [-0.05, 0) is 66.1 Å². The van der Waals surface area contributed by atoms with Crippen LogP contribution in [0.2, 0.25) is 10.0 Å². The molecule has 0 saturated carbocycles. The summed E-state index contributed by atoms with van der Waals surface area (Å²) >= 11 is 12.7. The maximum absolute atomic E-state index is 14.4. The molecular weight excluding hydrogens is 636 g/mol. The minimum absolute atomic E-state index is 0.0486. The fraction of sp³-hybridized carbons (Fsp3) is 0.235. The second-order valence-electron chi connectivity index (χ2n) is 10.4. The number of amides is 2. The number of nitrogens with one attached hydrogen (secondary N) is 1. The van der Waals surface area contributed by atoms with E-state index in [0.717, 1.165) is 34.8 Å². The molecule has 4 rings (SSSR count). The molecule has 0 aliphatic carbocycles. The highest BCUT2D eigenvalue weighted by Crippen LogP contribution is 2.27. The summed E-state index contributed by atoms with van der Waals surface area (Å²) in [4.78, 5) is 29.5. The maximum atomic E-state index is 14.4. The van der Waals surface area contributed by atoms with Crippen molar-refractivity contribution in [3.63, 3.8) is 0 Å². The number of rotatable bonds is 14. The molecule has 0 bridgehead atoms. The summed E-state index contributed by atoms with van der Waals surface area (Å²) in [5.74, 6) is -1.60. The summed E-state index contributed by atoms with van der Waals surface area (Å²) in [6.45, 7) is 1.65. The smallest absolute Gasteiger partial charge is 0.264 e. The summed E-state index contributed by atoms with van der Waals surface area (Å²) in [5, 5.41) is 3.62. The third-order valence-corrected chi connectivity index (χ3v) is 9.56. The molecule has 1 N–H and O–H groups in total. The highest BCUT2D eigenvalue weighted by atomic mass is 35.5. The molecule has 4 aromatic rings. The van der Waals surface area contributed by atoms with Crippen LogP contribution in [0, 0.1) is 5.82 Å². The Morgan fingerprint density at radius 3 is 2.16 bits per heavy atom. The zero-order valence-corrected chi connectivity index (χ0v) is 27.0. The zero-order chi connectivity index (χ0) is 32.4. The van der Waals surface area contributed by atoms with E-state index < -0.39 is 34.3 Å². The molecule has 0 heterocycles. The third-order valence-electron chi connectivity index (χ3n) is 7.18. The summed E-state index contributed by atoms with van der Waals surface area (Å²) in [6.07, 6.45) is 1.77. The Morgan fingerprint density at radius 1 is 0.889 bits per heavy atom. The average molecular weight is 671 g/mol. The molecule has 4 aromatic carbocycles. The van der Waals surface area contributed by atoms with Crippen molar-refractivity contribution in [2.75, 3.05) is 17.4 Å². The number of unbranched alkanes of at least 4 members (excludes halogenated alkanes) is 1. The lowest BCUT2D eigenvalue weighted by atomic mass is 10.0. The third kappa shape index (κ3) is 9.06. The molecule has 45 heavy (non-hydrogen) atoms. The van der Waals surface area contributed by atoms with Crippen LogP contribution in [0.15, 0.2) is 108 Å². The van der Waals surface area contributed by atoms with Gasteiger partial charge in [0.25, 0.3) is 10.0 Å². The number of sulfonamides is 1. The van der Waals surface area contributed by atoms with E-state index in [-0.39, 0.29) is 34.5 Å². The van der Waals surface area contributed by atoms with Gasteiger partial charge in [0.05, 0.1) is 10.6 Å². The lowest BCUT2D eigenvalue weighted by Crippen LogP contribution is -2.53. The SMILES string of the molecule is CCCCNC(=O)[C@@H](Cc1ccccc1)N(Cc1ccc(Cl)cc1Cl)C(=O)CN(c1ccc(F)cc1)S(=O)(=O)c1ccccc1. The zero-order valence-electron chi connectivity index (χ0n) is 24.7. The Hall–Kier alpha value is -3.92. The summed E-state index contributed by atoms with van der Waals surface area (Å²) in [5.41, 5.74) is 1.42. The van der Waals surface area contributed by atoms with Gasteiger partial charge in [0.2, 0.25) is 11.8 Å². The number of hydrogen-bond acceptors (Lipinski definition) is 4. The van der Waals surface area contributed by atoms with Gasteiger partial charge in [0.1, 0.15) is 18.4 Å². The molecule has 7 nitrogen and oxygen atoms in total. The van der Waals surface area contributed by atoms with E-state index in [4.69, 9.17) is 23.2 Å². The first-order valence-electron chi connectivity index (χ1n) is 14.5. The lowest BCUT2D eigenvalue weighted by molar-refractivity contribution is -0.140. The summed E-state index contributed by atoms with van der Waals surface area (Å²) in [6, 6.07) is 25.6. The number of carbonyl (C=O) groups is 2. The second-order valence-corrected chi connectivity index (χ2v) is 13.1. The van der Waals surface area contributed by atoms with Crippen LogP contribution in [-0.2, 0) is 32.6 Å². The molecule has 0 radical (unpaired) electrons. The number of carbonyl (C=O) groups excluding carboxylic acids is 2. The van der Waals surface area contributed by atoms with Crippen LogP contribution in [0.25, 0.3) is 0 Å². The van der Waals surface area contributed by atoms with Gasteiger partial charge in [0.15, 0.2) is 0 Å². The Balaban J connectivity index is 1.80. The van der Waals surface area contributed by atoms with Crippen LogP contribution in [0.4, 0.5) is 10.1 Å². The first kappa shape index (κ1) is 34.0. The van der Waals surface area contributed by atoms with Crippen molar-refractivity contribution < 1.29 is 22.4 Å². The van der Waals surface area contributed by atoms with Crippen molar-refractivity contribution in [1.82, 2.24) is 10.2 Å². The second kappa shape index (κ2) is 15.9. The monoisotopic (exact) mass is 669 g/mol. The van der Waals surface area contributed by atoms with Crippen LogP contribution < -0.4 is 9.62 Å². The van der Waals surface area contributed by atoms with Gasteiger partial charge < -0.3 is 10.2 Å². The van der Waals surface area contributed by atoms with E-state index >= 15 is 0 Å². The molecule has 11 heteroatoms. The van der Waals surface area contributed by atoms with Crippen molar-refractivity contribution in [3.05, 3.63) is 130 Å². The van der Waals surface area contributed by atoms with Crippen LogP contribution in [0.3, 0.4) is 0 Å². The Morgan fingerprint density at radius 2 is 1.53 bits per heavy atom. The van der Waals surface area contributed by atoms with Gasteiger partial charge in [-0.1, -0.05) is 91.1 Å². The van der Waals surface area contributed by atoms with Crippen molar-refractivity contribution >= 4 is 50.7 Å². The number of anilines is 1. The topological polar surface area (TPSA) is 86.8 Å². The van der Waals surface area contributed by atoms with Gasteiger partial charge in [-0.3, -0.25) is 13.9 Å². The predicted molar refractivity (Wildman–Crippen MR) is 176 cm³/mol. The molecule has 0 aliphatic rings. The van der Waals surface area contributed by atoms with E-state index in [1.807, 2.05) is 37.3 Å². The molecule has 0 saturated heterocycles. The van der Waals surface area contributed by atoms with Crippen molar-refractivity contribution in [2.45, 2.75) is 43.7 Å². The summed E-state index contributed by atoms with van der Waals surface area (Å²) < 4.78 is 42.7. The largest absolute Gasteiger partial charge is 0.354 e. The van der Waals surface area contributed by atoms with Crippen molar-refractivity contribution in [3.8, 4) is 0 Å². The number of benzene rings is 4. The lowest BCUT2D eigenvalue weighted by Gasteiger charge is -2.34.